The van der Waals surface area contributed by atoms with Crippen molar-refractivity contribution in [3.8, 4) is 0 Å². The molecule has 5 heteroatoms. The zero-order valence-corrected chi connectivity index (χ0v) is 12.4. The molecule has 2 aliphatic rings. The van der Waals surface area contributed by atoms with E-state index in [9.17, 15) is 9.59 Å². The van der Waals surface area contributed by atoms with Crippen LogP contribution < -0.4 is 0 Å². The van der Waals surface area contributed by atoms with Crippen LogP contribution in [0.25, 0.3) is 0 Å². The predicted octanol–water partition coefficient (Wildman–Crippen LogP) is 1.72. The highest BCUT2D eigenvalue weighted by molar-refractivity contribution is 7.99. The summed E-state index contributed by atoms with van der Waals surface area (Å²) >= 11 is 1.97. The van der Waals surface area contributed by atoms with Crippen molar-refractivity contribution in [1.29, 1.82) is 0 Å². The van der Waals surface area contributed by atoms with Gasteiger partial charge in [-0.15, -0.1) is 0 Å². The highest BCUT2D eigenvalue weighted by Gasteiger charge is 2.35. The van der Waals surface area contributed by atoms with Crippen LogP contribution in [-0.2, 0) is 0 Å². The van der Waals surface area contributed by atoms with Gasteiger partial charge in [0.1, 0.15) is 0 Å². The largest absolute Gasteiger partial charge is 0.301 e. The molecule has 1 atom stereocenters. The van der Waals surface area contributed by atoms with E-state index in [0.29, 0.717) is 23.7 Å². The summed E-state index contributed by atoms with van der Waals surface area (Å²) in [5, 5.41) is 0. The van der Waals surface area contributed by atoms with Crippen molar-refractivity contribution >= 4 is 23.6 Å². The number of hydrogen-bond acceptors (Lipinski definition) is 4. The fourth-order valence-corrected chi connectivity index (χ4v) is 4.05. The molecule has 3 rings (SSSR count). The molecule has 1 fully saturated rings. The third-order valence-corrected chi connectivity index (χ3v) is 5.23. The molecule has 1 unspecified atom stereocenters. The number of benzene rings is 1. The Balaban J connectivity index is 1.64. The van der Waals surface area contributed by atoms with E-state index < -0.39 is 0 Å². The van der Waals surface area contributed by atoms with Gasteiger partial charge in [-0.2, -0.15) is 11.8 Å². The minimum atomic E-state index is -0.153. The number of thioether (sulfide) groups is 1. The highest BCUT2D eigenvalue weighted by Crippen LogP contribution is 2.23. The lowest BCUT2D eigenvalue weighted by molar-refractivity contribution is 0.0635. The normalized spacial score (nSPS) is 21.9. The molecule has 4 nitrogen and oxygen atoms in total. The Morgan fingerprint density at radius 2 is 1.90 bits per heavy atom. The minimum Gasteiger partial charge on any atom is -0.301 e. The van der Waals surface area contributed by atoms with Crippen LogP contribution in [0.2, 0.25) is 0 Å². The number of fused-ring (bicyclic) bond motifs is 1. The first kappa shape index (κ1) is 13.6. The first-order valence-corrected chi connectivity index (χ1v) is 8.07. The number of hydrogen-bond donors (Lipinski definition) is 0. The molecule has 0 N–H and O–H groups in total. The third kappa shape index (κ3) is 2.36. The van der Waals surface area contributed by atoms with E-state index in [1.54, 1.807) is 24.3 Å². The first-order chi connectivity index (χ1) is 9.68. The van der Waals surface area contributed by atoms with Crippen LogP contribution >= 0.6 is 11.8 Å². The number of carbonyl (C=O) groups excluding carboxylic acids is 2. The van der Waals surface area contributed by atoms with Crippen LogP contribution in [0.5, 0.6) is 0 Å². The van der Waals surface area contributed by atoms with Gasteiger partial charge in [0.05, 0.1) is 11.1 Å². The van der Waals surface area contributed by atoms with E-state index in [4.69, 9.17) is 0 Å². The van der Waals surface area contributed by atoms with Gasteiger partial charge in [-0.05, 0) is 31.4 Å². The molecule has 20 heavy (non-hydrogen) atoms. The van der Waals surface area contributed by atoms with Gasteiger partial charge in [-0.3, -0.25) is 14.5 Å². The number of likely N-dealkylation sites (N-methyl/N-ethyl adjacent to an activating group) is 1. The molecule has 2 amide bonds. The van der Waals surface area contributed by atoms with E-state index in [0.717, 1.165) is 12.3 Å². The first-order valence-electron chi connectivity index (χ1n) is 6.91. The second-order valence-corrected chi connectivity index (χ2v) is 6.46. The Morgan fingerprint density at radius 1 is 1.25 bits per heavy atom. The van der Waals surface area contributed by atoms with Gasteiger partial charge in [0.2, 0.25) is 0 Å². The molecule has 1 saturated heterocycles. The summed E-state index contributed by atoms with van der Waals surface area (Å²) in [5.41, 5.74) is 1.08. The minimum absolute atomic E-state index is 0.153. The van der Waals surface area contributed by atoms with Crippen LogP contribution in [0.4, 0.5) is 0 Å². The molecule has 0 saturated carbocycles. The maximum absolute atomic E-state index is 12.2. The topological polar surface area (TPSA) is 40.6 Å². The van der Waals surface area contributed by atoms with Gasteiger partial charge in [0.15, 0.2) is 0 Å². The second kappa shape index (κ2) is 5.58. The summed E-state index contributed by atoms with van der Waals surface area (Å²) < 4.78 is 0. The Labute approximate surface area is 123 Å². The Kier molecular flexibility index (Phi) is 3.81. The fraction of sp³-hybridized carbons (Fsp3) is 0.467. The fourth-order valence-electron chi connectivity index (χ4n) is 2.75. The Bertz CT molecular complexity index is 505. The zero-order valence-electron chi connectivity index (χ0n) is 11.5. The number of imide groups is 1. The molecule has 2 aliphatic heterocycles. The number of amides is 2. The van der Waals surface area contributed by atoms with Crippen LogP contribution in [0.15, 0.2) is 24.3 Å². The van der Waals surface area contributed by atoms with Gasteiger partial charge < -0.3 is 4.90 Å². The predicted molar refractivity (Wildman–Crippen MR) is 80.2 cm³/mol. The number of carbonyl (C=O) groups is 2. The summed E-state index contributed by atoms with van der Waals surface area (Å²) in [4.78, 5) is 28.1. The third-order valence-electron chi connectivity index (χ3n) is 4.08. The molecule has 1 aromatic rings. The van der Waals surface area contributed by atoms with Crippen LogP contribution in [0.1, 0.15) is 27.1 Å². The van der Waals surface area contributed by atoms with E-state index in [1.807, 2.05) is 11.8 Å². The molecular weight excluding hydrogens is 272 g/mol. The Morgan fingerprint density at radius 3 is 2.45 bits per heavy atom. The monoisotopic (exact) mass is 290 g/mol. The average molecular weight is 290 g/mol. The molecule has 0 aliphatic carbocycles. The Hall–Kier alpha value is -1.33. The molecule has 1 aromatic carbocycles. The van der Waals surface area contributed by atoms with Gasteiger partial charge in [0, 0.05) is 24.9 Å². The van der Waals surface area contributed by atoms with E-state index in [2.05, 4.69) is 11.9 Å². The highest BCUT2D eigenvalue weighted by atomic mass is 32.2. The van der Waals surface area contributed by atoms with Crippen molar-refractivity contribution in [2.24, 2.45) is 0 Å². The van der Waals surface area contributed by atoms with Crippen molar-refractivity contribution in [3.63, 3.8) is 0 Å². The SMILES string of the molecule is CN(CCN1C(=O)c2ccccc2C1=O)C1CCSC1. The van der Waals surface area contributed by atoms with Gasteiger partial charge >= 0.3 is 0 Å². The second-order valence-electron chi connectivity index (χ2n) is 5.31. The molecule has 0 radical (unpaired) electrons. The number of rotatable bonds is 4. The van der Waals surface area contributed by atoms with Gasteiger partial charge in [-0.1, -0.05) is 12.1 Å². The molecule has 0 bridgehead atoms. The molecule has 0 aromatic heterocycles. The maximum atomic E-state index is 12.2. The van der Waals surface area contributed by atoms with E-state index >= 15 is 0 Å². The summed E-state index contributed by atoms with van der Waals surface area (Å²) in [7, 11) is 2.08. The van der Waals surface area contributed by atoms with Gasteiger partial charge in [-0.25, -0.2) is 0 Å². The van der Waals surface area contributed by atoms with Crippen molar-refractivity contribution < 1.29 is 9.59 Å². The summed E-state index contributed by atoms with van der Waals surface area (Å²) in [6, 6.07) is 7.64. The van der Waals surface area contributed by atoms with Crippen LogP contribution in [0.3, 0.4) is 0 Å². The summed E-state index contributed by atoms with van der Waals surface area (Å²) in [5.74, 6) is 2.06. The van der Waals surface area contributed by atoms with Crippen molar-refractivity contribution in [2.75, 3.05) is 31.6 Å². The maximum Gasteiger partial charge on any atom is 0.261 e. The lowest BCUT2D eigenvalue weighted by Crippen LogP contribution is -2.40. The zero-order chi connectivity index (χ0) is 14.1. The van der Waals surface area contributed by atoms with Crippen LogP contribution in [-0.4, -0.2) is 59.3 Å². The molecular formula is C15H18N2O2S. The van der Waals surface area contributed by atoms with Gasteiger partial charge in [0.25, 0.3) is 11.8 Å². The van der Waals surface area contributed by atoms with E-state index in [-0.39, 0.29) is 11.8 Å². The number of nitrogens with zero attached hydrogens (tertiary/aromatic N) is 2. The van der Waals surface area contributed by atoms with E-state index in [1.165, 1.54) is 17.1 Å². The lowest BCUT2D eigenvalue weighted by atomic mass is 10.1. The molecule has 0 spiro atoms. The lowest BCUT2D eigenvalue weighted by Gasteiger charge is -2.25. The van der Waals surface area contributed by atoms with Crippen molar-refractivity contribution in [2.45, 2.75) is 12.5 Å². The summed E-state index contributed by atoms with van der Waals surface area (Å²) in [6.07, 6.45) is 1.20. The average Bonchev–Trinajstić information content (AvgIpc) is 3.07. The summed E-state index contributed by atoms with van der Waals surface area (Å²) in [6.45, 7) is 1.22. The standard InChI is InChI=1S/C15H18N2O2S/c1-16(11-6-9-20-10-11)7-8-17-14(18)12-4-2-3-5-13(12)15(17)19/h2-5,11H,6-10H2,1H3. The quantitative estimate of drug-likeness (QED) is 0.792. The van der Waals surface area contributed by atoms with Crippen molar-refractivity contribution in [3.05, 3.63) is 35.4 Å². The smallest absolute Gasteiger partial charge is 0.261 e. The van der Waals surface area contributed by atoms with Crippen LogP contribution in [0, 0.1) is 0 Å². The van der Waals surface area contributed by atoms with Crippen molar-refractivity contribution in [1.82, 2.24) is 9.80 Å². The molecule has 106 valence electrons. The molecule has 2 heterocycles.